The van der Waals surface area contributed by atoms with E-state index < -0.39 is 24.2 Å². The van der Waals surface area contributed by atoms with Gasteiger partial charge in [0.15, 0.2) is 0 Å². The van der Waals surface area contributed by atoms with Gasteiger partial charge in [-0.1, -0.05) is 12.1 Å². The van der Waals surface area contributed by atoms with E-state index in [2.05, 4.69) is 30.9 Å². The molecule has 164 valence electrons. The molecule has 32 heavy (non-hydrogen) atoms. The van der Waals surface area contributed by atoms with Crippen LogP contribution >= 0.6 is 0 Å². The number of nitrogens with zero attached hydrogens (tertiary/aromatic N) is 3. The molecule has 1 aliphatic carbocycles. The second-order valence-corrected chi connectivity index (χ2v) is 7.44. The molecule has 2 amide bonds. The number of nitrogens with one attached hydrogen (secondary N) is 3. The Kier molecular flexibility index (Phi) is 5.52. The Bertz CT molecular complexity index is 1180. The SMILES string of the molecule is CNC(=O)c1ncc(Nc2nccc(-c3ccc(NC(=O)[C@@H]4CC4(F)F)cc3)n2)cc1C. The Balaban J connectivity index is 1.45. The van der Waals surface area contributed by atoms with E-state index in [0.717, 1.165) is 5.56 Å². The summed E-state index contributed by atoms with van der Waals surface area (Å²) in [5.41, 5.74) is 3.49. The number of alkyl halides is 2. The minimum atomic E-state index is -2.90. The lowest BCUT2D eigenvalue weighted by Gasteiger charge is -2.09. The van der Waals surface area contributed by atoms with Gasteiger partial charge in [-0.15, -0.1) is 0 Å². The monoisotopic (exact) mass is 438 g/mol. The van der Waals surface area contributed by atoms with Crippen molar-refractivity contribution in [3.8, 4) is 11.3 Å². The van der Waals surface area contributed by atoms with Gasteiger partial charge in [0, 0.05) is 30.9 Å². The van der Waals surface area contributed by atoms with Gasteiger partial charge >= 0.3 is 0 Å². The number of halogens is 2. The summed E-state index contributed by atoms with van der Waals surface area (Å²) < 4.78 is 26.0. The fourth-order valence-electron chi connectivity index (χ4n) is 3.16. The molecule has 3 aromatic rings. The number of benzene rings is 1. The van der Waals surface area contributed by atoms with Crippen molar-refractivity contribution in [1.82, 2.24) is 20.3 Å². The minimum Gasteiger partial charge on any atom is -0.354 e. The van der Waals surface area contributed by atoms with Crippen molar-refractivity contribution >= 4 is 29.1 Å². The largest absolute Gasteiger partial charge is 0.354 e. The average molecular weight is 438 g/mol. The van der Waals surface area contributed by atoms with E-state index in [1.54, 1.807) is 56.6 Å². The van der Waals surface area contributed by atoms with Gasteiger partial charge in [-0.25, -0.2) is 23.7 Å². The normalized spacial score (nSPS) is 16.2. The summed E-state index contributed by atoms with van der Waals surface area (Å²) in [5.74, 6) is -4.75. The lowest BCUT2D eigenvalue weighted by molar-refractivity contribution is -0.119. The third-order valence-corrected chi connectivity index (χ3v) is 5.02. The average Bonchev–Trinajstić information content (AvgIpc) is 3.42. The van der Waals surface area contributed by atoms with Gasteiger partial charge in [-0.3, -0.25) is 9.59 Å². The van der Waals surface area contributed by atoms with E-state index in [-0.39, 0.29) is 5.91 Å². The number of carbonyl (C=O) groups is 2. The fourth-order valence-corrected chi connectivity index (χ4v) is 3.16. The van der Waals surface area contributed by atoms with Gasteiger partial charge in [0.2, 0.25) is 11.9 Å². The first-order chi connectivity index (χ1) is 15.3. The van der Waals surface area contributed by atoms with Crippen molar-refractivity contribution in [3.63, 3.8) is 0 Å². The summed E-state index contributed by atoms with van der Waals surface area (Å²) in [4.78, 5) is 36.4. The molecule has 4 rings (SSSR count). The number of rotatable bonds is 6. The van der Waals surface area contributed by atoms with Crippen LogP contribution in [-0.2, 0) is 4.79 Å². The van der Waals surface area contributed by atoms with Crippen LogP contribution in [0.2, 0.25) is 0 Å². The highest BCUT2D eigenvalue weighted by Gasteiger charge is 2.61. The van der Waals surface area contributed by atoms with Crippen LogP contribution in [0.3, 0.4) is 0 Å². The maximum atomic E-state index is 13.0. The second kappa shape index (κ2) is 8.29. The summed E-state index contributed by atoms with van der Waals surface area (Å²) in [6, 6.07) is 10.2. The molecule has 3 N–H and O–H groups in total. The smallest absolute Gasteiger partial charge is 0.269 e. The number of aromatic nitrogens is 3. The van der Waals surface area contributed by atoms with Crippen molar-refractivity contribution in [1.29, 1.82) is 0 Å². The summed E-state index contributed by atoms with van der Waals surface area (Å²) in [6.07, 6.45) is 2.71. The Morgan fingerprint density at radius 3 is 2.44 bits per heavy atom. The molecule has 0 bridgehead atoms. The predicted octanol–water partition coefficient (Wildman–Crippen LogP) is 3.54. The third kappa shape index (κ3) is 4.53. The Hall–Kier alpha value is -3.95. The first-order valence-electron chi connectivity index (χ1n) is 9.85. The van der Waals surface area contributed by atoms with E-state index in [1.807, 2.05) is 0 Å². The predicted molar refractivity (Wildman–Crippen MR) is 115 cm³/mol. The molecule has 2 aromatic heterocycles. The quantitative estimate of drug-likeness (QED) is 0.543. The van der Waals surface area contributed by atoms with Crippen LogP contribution in [0.5, 0.6) is 0 Å². The molecular formula is C22H20F2N6O2. The minimum absolute atomic E-state index is 0.266. The van der Waals surface area contributed by atoms with E-state index in [9.17, 15) is 18.4 Å². The molecule has 1 atom stereocenters. The molecular weight excluding hydrogens is 418 g/mol. The molecule has 2 heterocycles. The zero-order valence-corrected chi connectivity index (χ0v) is 17.3. The fraction of sp³-hybridized carbons (Fsp3) is 0.227. The summed E-state index contributed by atoms with van der Waals surface area (Å²) >= 11 is 0. The number of hydrogen-bond donors (Lipinski definition) is 3. The molecule has 1 fully saturated rings. The maximum Gasteiger partial charge on any atom is 0.269 e. The Morgan fingerprint density at radius 1 is 1.09 bits per heavy atom. The zero-order valence-electron chi connectivity index (χ0n) is 17.3. The van der Waals surface area contributed by atoms with Gasteiger partial charge in [-0.2, -0.15) is 0 Å². The second-order valence-electron chi connectivity index (χ2n) is 7.44. The molecule has 0 spiro atoms. The standard InChI is InChI=1S/C22H20F2N6O2/c1-12-9-15(11-27-18(12)20(32)25-2)29-21-26-8-7-17(30-21)13-3-5-14(6-4-13)28-19(31)16-10-22(16,23)24/h3-9,11,16H,10H2,1-2H3,(H,25,32)(H,28,31)(H,26,29,30)/t16-/m0/s1. The van der Waals surface area contributed by atoms with Crippen LogP contribution in [-0.4, -0.2) is 39.7 Å². The maximum absolute atomic E-state index is 13.0. The summed E-state index contributed by atoms with van der Waals surface area (Å²) in [6.45, 7) is 1.78. The topological polar surface area (TPSA) is 109 Å². The molecule has 10 heteroatoms. The van der Waals surface area contributed by atoms with Gasteiger partial charge in [-0.05, 0) is 36.8 Å². The molecule has 1 saturated carbocycles. The lowest BCUT2D eigenvalue weighted by atomic mass is 10.1. The first kappa shape index (κ1) is 21.3. The highest BCUT2D eigenvalue weighted by atomic mass is 19.3. The Morgan fingerprint density at radius 2 is 1.81 bits per heavy atom. The number of hydrogen-bond acceptors (Lipinski definition) is 6. The van der Waals surface area contributed by atoms with Crippen LogP contribution in [0.4, 0.5) is 26.1 Å². The molecule has 0 aliphatic heterocycles. The number of anilines is 3. The van der Waals surface area contributed by atoms with Gasteiger partial charge in [0.05, 0.1) is 17.6 Å². The summed E-state index contributed by atoms with van der Waals surface area (Å²) in [5, 5.41) is 8.10. The van der Waals surface area contributed by atoms with E-state index in [4.69, 9.17) is 0 Å². The van der Waals surface area contributed by atoms with Crippen LogP contribution in [0.25, 0.3) is 11.3 Å². The van der Waals surface area contributed by atoms with Crippen molar-refractivity contribution in [2.45, 2.75) is 19.3 Å². The molecule has 0 saturated heterocycles. The zero-order chi connectivity index (χ0) is 22.9. The highest BCUT2D eigenvalue weighted by Crippen LogP contribution is 2.49. The number of aryl methyl sites for hydroxylation is 1. The van der Waals surface area contributed by atoms with E-state index in [0.29, 0.717) is 34.3 Å². The van der Waals surface area contributed by atoms with Crippen molar-refractivity contribution in [3.05, 3.63) is 60.0 Å². The molecule has 8 nitrogen and oxygen atoms in total. The van der Waals surface area contributed by atoms with Crippen molar-refractivity contribution in [2.75, 3.05) is 17.7 Å². The van der Waals surface area contributed by atoms with Crippen LogP contribution in [0.15, 0.2) is 48.8 Å². The molecule has 0 radical (unpaired) electrons. The van der Waals surface area contributed by atoms with Crippen LogP contribution in [0.1, 0.15) is 22.5 Å². The number of amides is 2. The molecule has 0 unspecified atom stereocenters. The first-order valence-corrected chi connectivity index (χ1v) is 9.85. The van der Waals surface area contributed by atoms with Crippen LogP contribution in [0, 0.1) is 12.8 Å². The Labute approximate surface area is 182 Å². The number of carbonyl (C=O) groups excluding carboxylic acids is 2. The van der Waals surface area contributed by atoms with Crippen LogP contribution < -0.4 is 16.0 Å². The van der Waals surface area contributed by atoms with E-state index in [1.165, 1.54) is 6.20 Å². The van der Waals surface area contributed by atoms with Gasteiger partial charge in [0.1, 0.15) is 11.6 Å². The number of pyridine rings is 1. The molecule has 1 aromatic carbocycles. The lowest BCUT2D eigenvalue weighted by Crippen LogP contribution is -2.20. The van der Waals surface area contributed by atoms with Gasteiger partial charge in [0.25, 0.3) is 11.8 Å². The highest BCUT2D eigenvalue weighted by molar-refractivity contribution is 5.95. The third-order valence-electron chi connectivity index (χ3n) is 5.02. The van der Waals surface area contributed by atoms with E-state index >= 15 is 0 Å². The summed E-state index contributed by atoms with van der Waals surface area (Å²) in [7, 11) is 1.54. The van der Waals surface area contributed by atoms with Crippen molar-refractivity contribution in [2.24, 2.45) is 5.92 Å². The molecule has 1 aliphatic rings. The van der Waals surface area contributed by atoms with Gasteiger partial charge < -0.3 is 16.0 Å². The van der Waals surface area contributed by atoms with Crippen molar-refractivity contribution < 1.29 is 18.4 Å².